The summed E-state index contributed by atoms with van der Waals surface area (Å²) in [6.07, 6.45) is -4.60. The zero-order valence-electron chi connectivity index (χ0n) is 10.8. The van der Waals surface area contributed by atoms with Crippen molar-refractivity contribution in [2.24, 2.45) is 0 Å². The molecular weight excluding hydrogens is 307 g/mol. The number of alkyl halides is 3. The zero-order chi connectivity index (χ0) is 15.8. The first kappa shape index (κ1) is 15.6. The lowest BCUT2D eigenvalue weighted by Gasteiger charge is -2.25. The number of pyridine rings is 1. The highest BCUT2D eigenvalue weighted by Crippen LogP contribution is 2.36. The second-order valence-electron chi connectivity index (χ2n) is 4.65. The first-order valence-corrected chi connectivity index (χ1v) is 6.26. The molecule has 112 valence electrons. The van der Waals surface area contributed by atoms with Gasteiger partial charge in [-0.1, -0.05) is 29.8 Å². The minimum absolute atomic E-state index is 0.00573. The Bertz CT molecular complexity index is 654. The van der Waals surface area contributed by atoms with Crippen LogP contribution >= 0.6 is 11.6 Å². The van der Waals surface area contributed by atoms with Crippen LogP contribution in [-0.2, 0) is 11.8 Å². The van der Waals surface area contributed by atoms with Crippen LogP contribution in [0.2, 0.25) is 5.15 Å². The fourth-order valence-corrected chi connectivity index (χ4v) is 2.23. The van der Waals surface area contributed by atoms with Crippen LogP contribution in [0.25, 0.3) is 0 Å². The lowest BCUT2D eigenvalue weighted by atomic mass is 9.89. The van der Waals surface area contributed by atoms with Crippen molar-refractivity contribution < 1.29 is 23.4 Å². The standard InChI is InChI=1S/C14H11ClF3NO2/c1-13(21,8-2-4-9(20)5-3-8)10-6-7-11(14(16,17)18)19-12(10)15/h2-7,20-21H,1H3. The Morgan fingerprint density at radius 2 is 1.62 bits per heavy atom. The summed E-state index contributed by atoms with van der Waals surface area (Å²) in [5.41, 5.74) is -2.36. The normalized spacial score (nSPS) is 14.8. The smallest absolute Gasteiger partial charge is 0.433 e. The molecule has 0 saturated carbocycles. The van der Waals surface area contributed by atoms with E-state index in [9.17, 15) is 23.4 Å². The third-order valence-electron chi connectivity index (χ3n) is 3.09. The van der Waals surface area contributed by atoms with Crippen LogP contribution in [-0.4, -0.2) is 15.2 Å². The molecule has 0 aliphatic rings. The number of phenolic OH excluding ortho intramolecular Hbond substituents is 1. The molecular formula is C14H11ClF3NO2. The van der Waals surface area contributed by atoms with Crippen molar-refractivity contribution in [3.05, 3.63) is 58.4 Å². The zero-order valence-corrected chi connectivity index (χ0v) is 11.6. The van der Waals surface area contributed by atoms with Crippen molar-refractivity contribution in [3.8, 4) is 5.75 Å². The average molecular weight is 318 g/mol. The van der Waals surface area contributed by atoms with E-state index in [1.807, 2.05) is 0 Å². The highest BCUT2D eigenvalue weighted by Gasteiger charge is 2.35. The van der Waals surface area contributed by atoms with Crippen molar-refractivity contribution in [2.75, 3.05) is 0 Å². The topological polar surface area (TPSA) is 53.4 Å². The number of halogens is 4. The van der Waals surface area contributed by atoms with E-state index in [1.165, 1.54) is 31.2 Å². The largest absolute Gasteiger partial charge is 0.508 e. The summed E-state index contributed by atoms with van der Waals surface area (Å²) in [5.74, 6) is 0.00573. The fourth-order valence-electron chi connectivity index (χ4n) is 1.90. The molecule has 1 heterocycles. The van der Waals surface area contributed by atoms with Crippen molar-refractivity contribution in [3.63, 3.8) is 0 Å². The molecule has 0 radical (unpaired) electrons. The Morgan fingerprint density at radius 1 is 1.05 bits per heavy atom. The molecule has 1 unspecified atom stereocenters. The minimum atomic E-state index is -4.60. The van der Waals surface area contributed by atoms with Gasteiger partial charge in [0.1, 0.15) is 22.2 Å². The SMILES string of the molecule is CC(O)(c1ccc(O)cc1)c1ccc(C(F)(F)F)nc1Cl. The van der Waals surface area contributed by atoms with Crippen molar-refractivity contribution in [1.29, 1.82) is 0 Å². The van der Waals surface area contributed by atoms with Crippen molar-refractivity contribution >= 4 is 11.6 Å². The molecule has 21 heavy (non-hydrogen) atoms. The minimum Gasteiger partial charge on any atom is -0.508 e. The number of rotatable bonds is 2. The molecule has 0 bridgehead atoms. The second-order valence-corrected chi connectivity index (χ2v) is 5.01. The Hall–Kier alpha value is -1.79. The second kappa shape index (κ2) is 5.20. The number of benzene rings is 1. The van der Waals surface area contributed by atoms with E-state index < -0.39 is 22.6 Å². The average Bonchev–Trinajstić information content (AvgIpc) is 2.37. The highest BCUT2D eigenvalue weighted by molar-refractivity contribution is 6.30. The van der Waals surface area contributed by atoms with E-state index in [0.29, 0.717) is 5.56 Å². The molecule has 1 aromatic heterocycles. The third kappa shape index (κ3) is 3.11. The predicted octanol–water partition coefficient (Wildman–Crippen LogP) is 3.72. The van der Waals surface area contributed by atoms with Gasteiger partial charge in [-0.25, -0.2) is 4.98 Å². The van der Waals surface area contributed by atoms with Gasteiger partial charge in [-0.2, -0.15) is 13.2 Å². The lowest BCUT2D eigenvalue weighted by molar-refractivity contribution is -0.141. The molecule has 0 spiro atoms. The van der Waals surface area contributed by atoms with Gasteiger partial charge in [-0.3, -0.25) is 0 Å². The highest BCUT2D eigenvalue weighted by atomic mass is 35.5. The van der Waals surface area contributed by atoms with Gasteiger partial charge in [-0.15, -0.1) is 0 Å². The molecule has 0 saturated heterocycles. The predicted molar refractivity (Wildman–Crippen MR) is 71.0 cm³/mol. The fraction of sp³-hybridized carbons (Fsp3) is 0.214. The Morgan fingerprint density at radius 3 is 2.10 bits per heavy atom. The first-order chi connectivity index (χ1) is 9.62. The molecule has 3 nitrogen and oxygen atoms in total. The monoisotopic (exact) mass is 317 g/mol. The van der Waals surface area contributed by atoms with Gasteiger partial charge in [0.25, 0.3) is 0 Å². The molecule has 0 aliphatic heterocycles. The van der Waals surface area contributed by atoms with Crippen molar-refractivity contribution in [1.82, 2.24) is 4.98 Å². The third-order valence-corrected chi connectivity index (χ3v) is 3.38. The quantitative estimate of drug-likeness (QED) is 0.830. The van der Waals surface area contributed by atoms with E-state index >= 15 is 0 Å². The lowest BCUT2D eigenvalue weighted by Crippen LogP contribution is -2.24. The number of hydrogen-bond donors (Lipinski definition) is 2. The van der Waals surface area contributed by atoms with Crippen LogP contribution in [0, 0.1) is 0 Å². The van der Waals surface area contributed by atoms with Crippen LogP contribution < -0.4 is 0 Å². The molecule has 0 amide bonds. The summed E-state index contributed by atoms with van der Waals surface area (Å²) in [6, 6.07) is 7.46. The van der Waals surface area contributed by atoms with Gasteiger partial charge < -0.3 is 10.2 Å². The molecule has 1 aromatic carbocycles. The molecule has 0 fully saturated rings. The van der Waals surface area contributed by atoms with Crippen LogP contribution in [0.5, 0.6) is 5.75 Å². The van der Waals surface area contributed by atoms with Crippen molar-refractivity contribution in [2.45, 2.75) is 18.7 Å². The number of hydrogen-bond acceptors (Lipinski definition) is 3. The Balaban J connectivity index is 2.47. The van der Waals surface area contributed by atoms with Gasteiger partial charge in [-0.05, 0) is 30.7 Å². The molecule has 2 N–H and O–H groups in total. The summed E-state index contributed by atoms with van der Waals surface area (Å²) < 4.78 is 37.7. The van der Waals surface area contributed by atoms with Crippen LogP contribution in [0.4, 0.5) is 13.2 Å². The van der Waals surface area contributed by atoms with E-state index in [2.05, 4.69) is 4.98 Å². The maximum Gasteiger partial charge on any atom is 0.433 e. The van der Waals surface area contributed by atoms with E-state index in [-0.39, 0.29) is 11.3 Å². The van der Waals surface area contributed by atoms with Gasteiger partial charge in [0, 0.05) is 5.56 Å². The number of aliphatic hydroxyl groups is 1. The van der Waals surface area contributed by atoms with Crippen LogP contribution in [0.1, 0.15) is 23.7 Å². The molecule has 0 aliphatic carbocycles. The molecule has 2 rings (SSSR count). The number of nitrogens with zero attached hydrogens (tertiary/aromatic N) is 1. The maximum absolute atomic E-state index is 12.6. The molecule has 2 aromatic rings. The Kier molecular flexibility index (Phi) is 3.86. The van der Waals surface area contributed by atoms with E-state index in [0.717, 1.165) is 12.1 Å². The Labute approximate surface area is 123 Å². The summed E-state index contributed by atoms with van der Waals surface area (Å²) >= 11 is 5.78. The summed E-state index contributed by atoms with van der Waals surface area (Å²) in [4.78, 5) is 3.28. The maximum atomic E-state index is 12.6. The number of phenols is 1. The summed E-state index contributed by atoms with van der Waals surface area (Å²) in [6.45, 7) is 1.38. The van der Waals surface area contributed by atoms with Gasteiger partial charge >= 0.3 is 6.18 Å². The number of aromatic nitrogens is 1. The summed E-state index contributed by atoms with van der Waals surface area (Å²) in [5, 5.41) is 19.3. The van der Waals surface area contributed by atoms with Crippen LogP contribution in [0.15, 0.2) is 36.4 Å². The summed E-state index contributed by atoms with van der Waals surface area (Å²) in [7, 11) is 0. The van der Waals surface area contributed by atoms with Crippen LogP contribution in [0.3, 0.4) is 0 Å². The van der Waals surface area contributed by atoms with E-state index in [4.69, 9.17) is 11.6 Å². The molecule has 7 heteroatoms. The van der Waals surface area contributed by atoms with Gasteiger partial charge in [0.2, 0.25) is 0 Å². The van der Waals surface area contributed by atoms with Gasteiger partial charge in [0.05, 0.1) is 0 Å². The first-order valence-electron chi connectivity index (χ1n) is 5.88. The number of aromatic hydroxyl groups is 1. The van der Waals surface area contributed by atoms with Gasteiger partial charge in [0.15, 0.2) is 0 Å². The van der Waals surface area contributed by atoms with E-state index in [1.54, 1.807) is 0 Å². The molecule has 1 atom stereocenters.